The van der Waals surface area contributed by atoms with Crippen molar-refractivity contribution in [3.05, 3.63) is 0 Å². The van der Waals surface area contributed by atoms with Crippen LogP contribution in [0.2, 0.25) is 0 Å². The summed E-state index contributed by atoms with van der Waals surface area (Å²) in [5, 5.41) is 3.88. The molecule has 2 aliphatic rings. The predicted octanol–water partition coefficient (Wildman–Crippen LogP) is 2.97. The van der Waals surface area contributed by atoms with Crippen molar-refractivity contribution in [2.45, 2.75) is 71.1 Å². The van der Waals surface area contributed by atoms with Crippen molar-refractivity contribution in [1.82, 2.24) is 5.32 Å². The van der Waals surface area contributed by atoms with Crippen LogP contribution < -0.4 is 5.32 Å². The smallest absolute Gasteiger partial charge is 0.0587 e. The van der Waals surface area contributed by atoms with E-state index in [-0.39, 0.29) is 0 Å². The van der Waals surface area contributed by atoms with E-state index in [1.54, 1.807) is 0 Å². The molecule has 94 valence electrons. The second-order valence-electron chi connectivity index (χ2n) is 5.81. The first-order valence-electron chi connectivity index (χ1n) is 7.08. The second kappa shape index (κ2) is 5.50. The maximum Gasteiger partial charge on any atom is 0.0587 e. The summed E-state index contributed by atoms with van der Waals surface area (Å²) in [6, 6.07) is 1.46. The van der Waals surface area contributed by atoms with Crippen LogP contribution in [0, 0.1) is 11.8 Å². The van der Waals surface area contributed by atoms with Gasteiger partial charge in [0.1, 0.15) is 0 Å². The molecule has 0 amide bonds. The highest BCUT2D eigenvalue weighted by Gasteiger charge is 2.32. The van der Waals surface area contributed by atoms with E-state index in [0.717, 1.165) is 30.9 Å². The van der Waals surface area contributed by atoms with Crippen molar-refractivity contribution in [1.29, 1.82) is 0 Å². The van der Waals surface area contributed by atoms with Gasteiger partial charge in [0, 0.05) is 18.7 Å². The Morgan fingerprint density at radius 2 is 2.00 bits per heavy atom. The van der Waals surface area contributed by atoms with E-state index >= 15 is 0 Å². The number of ether oxygens (including phenoxy) is 1. The lowest BCUT2D eigenvalue weighted by molar-refractivity contribution is -0.00277. The molecule has 1 N–H and O–H groups in total. The van der Waals surface area contributed by atoms with Crippen LogP contribution in [0.1, 0.15) is 52.9 Å². The lowest BCUT2D eigenvalue weighted by Gasteiger charge is -2.33. The zero-order valence-electron chi connectivity index (χ0n) is 11.0. The number of nitrogens with one attached hydrogen (secondary N) is 1. The molecule has 2 heteroatoms. The average molecular weight is 225 g/mol. The van der Waals surface area contributed by atoms with Gasteiger partial charge in [-0.2, -0.15) is 0 Å². The molecule has 0 aromatic rings. The molecule has 1 saturated carbocycles. The van der Waals surface area contributed by atoms with Crippen LogP contribution in [0.3, 0.4) is 0 Å². The van der Waals surface area contributed by atoms with Crippen LogP contribution in [0.25, 0.3) is 0 Å². The Morgan fingerprint density at radius 1 is 1.19 bits per heavy atom. The van der Waals surface area contributed by atoms with Gasteiger partial charge in [0.05, 0.1) is 6.10 Å². The van der Waals surface area contributed by atoms with Crippen molar-refractivity contribution in [2.75, 3.05) is 6.61 Å². The SMILES string of the molecule is CCC1CC(NC2CCC(C)C2C)CCO1. The lowest BCUT2D eigenvalue weighted by Crippen LogP contribution is -2.45. The van der Waals surface area contributed by atoms with E-state index < -0.39 is 0 Å². The quantitative estimate of drug-likeness (QED) is 0.797. The van der Waals surface area contributed by atoms with Gasteiger partial charge in [0.2, 0.25) is 0 Å². The summed E-state index contributed by atoms with van der Waals surface area (Å²) in [6.07, 6.45) is 6.85. The molecule has 0 bridgehead atoms. The van der Waals surface area contributed by atoms with E-state index in [9.17, 15) is 0 Å². The molecule has 5 atom stereocenters. The van der Waals surface area contributed by atoms with E-state index in [0.29, 0.717) is 12.1 Å². The molecule has 2 fully saturated rings. The van der Waals surface area contributed by atoms with Crippen molar-refractivity contribution in [3.63, 3.8) is 0 Å². The molecule has 0 radical (unpaired) electrons. The minimum Gasteiger partial charge on any atom is -0.378 e. The Labute approximate surface area is 100 Å². The summed E-state index contributed by atoms with van der Waals surface area (Å²) < 4.78 is 5.73. The zero-order chi connectivity index (χ0) is 11.5. The third-order valence-electron chi connectivity index (χ3n) is 4.74. The predicted molar refractivity (Wildman–Crippen MR) is 67.5 cm³/mol. The molecule has 2 rings (SSSR count). The van der Waals surface area contributed by atoms with E-state index in [1.165, 1.54) is 25.7 Å². The van der Waals surface area contributed by atoms with E-state index in [1.807, 2.05) is 0 Å². The summed E-state index contributed by atoms with van der Waals surface area (Å²) in [5.41, 5.74) is 0. The lowest BCUT2D eigenvalue weighted by atomic mass is 9.95. The third kappa shape index (κ3) is 2.78. The highest BCUT2D eigenvalue weighted by atomic mass is 16.5. The molecule has 0 spiro atoms. The van der Waals surface area contributed by atoms with E-state index in [2.05, 4.69) is 26.1 Å². The van der Waals surface area contributed by atoms with Crippen molar-refractivity contribution < 1.29 is 4.74 Å². The van der Waals surface area contributed by atoms with Crippen LogP contribution in [0.5, 0.6) is 0 Å². The van der Waals surface area contributed by atoms with Crippen molar-refractivity contribution in [3.8, 4) is 0 Å². The second-order valence-corrected chi connectivity index (χ2v) is 5.81. The van der Waals surface area contributed by atoms with E-state index in [4.69, 9.17) is 4.74 Å². The Balaban J connectivity index is 1.80. The fourth-order valence-electron chi connectivity index (χ4n) is 3.22. The Bertz CT molecular complexity index is 219. The van der Waals surface area contributed by atoms with Gasteiger partial charge in [0.15, 0.2) is 0 Å². The Hall–Kier alpha value is -0.0800. The van der Waals surface area contributed by atoms with Crippen LogP contribution >= 0.6 is 0 Å². The van der Waals surface area contributed by atoms with Crippen molar-refractivity contribution in [2.24, 2.45) is 11.8 Å². The number of hydrogen-bond donors (Lipinski definition) is 1. The van der Waals surface area contributed by atoms with Gasteiger partial charge in [0.25, 0.3) is 0 Å². The standard InChI is InChI=1S/C14H27NO/c1-4-13-9-12(7-8-16-13)15-14-6-5-10(2)11(14)3/h10-15H,4-9H2,1-3H3. The van der Waals surface area contributed by atoms with Crippen LogP contribution in [-0.4, -0.2) is 24.8 Å². The Morgan fingerprint density at radius 3 is 2.62 bits per heavy atom. The van der Waals surface area contributed by atoms with Gasteiger partial charge in [-0.1, -0.05) is 20.8 Å². The summed E-state index contributed by atoms with van der Waals surface area (Å²) >= 11 is 0. The first kappa shape index (κ1) is 12.4. The van der Waals surface area contributed by atoms with Gasteiger partial charge < -0.3 is 10.1 Å². The first-order chi connectivity index (χ1) is 7.70. The fourth-order valence-corrected chi connectivity index (χ4v) is 3.22. The van der Waals surface area contributed by atoms with Crippen LogP contribution in [0.15, 0.2) is 0 Å². The van der Waals surface area contributed by atoms with Crippen molar-refractivity contribution >= 4 is 0 Å². The molecule has 16 heavy (non-hydrogen) atoms. The minimum absolute atomic E-state index is 0.500. The van der Waals surface area contributed by atoms with Crippen LogP contribution in [-0.2, 0) is 4.74 Å². The molecule has 1 aliphatic heterocycles. The molecule has 2 nitrogen and oxygen atoms in total. The molecule has 5 unspecified atom stereocenters. The summed E-state index contributed by atoms with van der Waals surface area (Å²) in [5.74, 6) is 1.75. The normalized spacial score (nSPS) is 44.8. The summed E-state index contributed by atoms with van der Waals surface area (Å²) in [7, 11) is 0. The minimum atomic E-state index is 0.500. The van der Waals surface area contributed by atoms with Gasteiger partial charge in [-0.3, -0.25) is 0 Å². The maximum absolute atomic E-state index is 5.73. The highest BCUT2D eigenvalue weighted by Crippen LogP contribution is 2.32. The Kier molecular flexibility index (Phi) is 4.26. The number of rotatable bonds is 3. The molecule has 0 aromatic carbocycles. The van der Waals surface area contributed by atoms with Gasteiger partial charge in [-0.25, -0.2) is 0 Å². The van der Waals surface area contributed by atoms with Gasteiger partial charge in [-0.15, -0.1) is 0 Å². The number of hydrogen-bond acceptors (Lipinski definition) is 2. The molecular formula is C14H27NO. The maximum atomic E-state index is 5.73. The monoisotopic (exact) mass is 225 g/mol. The molecule has 1 saturated heterocycles. The zero-order valence-corrected chi connectivity index (χ0v) is 11.0. The largest absolute Gasteiger partial charge is 0.378 e. The topological polar surface area (TPSA) is 21.3 Å². The summed E-state index contributed by atoms with van der Waals surface area (Å²) in [6.45, 7) is 7.98. The highest BCUT2D eigenvalue weighted by molar-refractivity contribution is 4.88. The summed E-state index contributed by atoms with van der Waals surface area (Å²) in [4.78, 5) is 0. The molecular weight excluding hydrogens is 198 g/mol. The molecule has 1 heterocycles. The van der Waals surface area contributed by atoms with Gasteiger partial charge in [-0.05, 0) is 43.9 Å². The third-order valence-corrected chi connectivity index (χ3v) is 4.74. The first-order valence-corrected chi connectivity index (χ1v) is 7.08. The average Bonchev–Trinajstić information content (AvgIpc) is 2.61. The molecule has 0 aromatic heterocycles. The molecule has 1 aliphatic carbocycles. The fraction of sp³-hybridized carbons (Fsp3) is 1.00. The van der Waals surface area contributed by atoms with Crippen LogP contribution in [0.4, 0.5) is 0 Å². The van der Waals surface area contributed by atoms with Gasteiger partial charge >= 0.3 is 0 Å².